The Bertz CT molecular complexity index is 598. The van der Waals surface area contributed by atoms with Gasteiger partial charge in [-0.3, -0.25) is 9.88 Å². The number of likely N-dealkylation sites (tertiary alicyclic amines) is 1. The van der Waals surface area contributed by atoms with Gasteiger partial charge in [0.2, 0.25) is 0 Å². The zero-order valence-electron chi connectivity index (χ0n) is 12.8. The van der Waals surface area contributed by atoms with E-state index in [0.29, 0.717) is 5.92 Å². The molecule has 6 heteroatoms. The Morgan fingerprint density at radius 3 is 3.00 bits per heavy atom. The number of hydrogen-bond donors (Lipinski definition) is 1. The molecule has 2 aromatic heterocycles. The van der Waals surface area contributed by atoms with Gasteiger partial charge in [-0.1, -0.05) is 0 Å². The molecule has 0 bridgehead atoms. The molecule has 1 unspecified atom stereocenters. The fourth-order valence-electron chi connectivity index (χ4n) is 3.00. The topological polar surface area (TPSA) is 41.1 Å². The molecule has 0 amide bonds. The first-order valence-corrected chi connectivity index (χ1v) is 8.50. The summed E-state index contributed by atoms with van der Waals surface area (Å²) in [4.78, 5) is 12.3. The number of rotatable bonds is 5. The monoisotopic (exact) mass is 320 g/mol. The molecule has 2 aromatic rings. The summed E-state index contributed by atoms with van der Waals surface area (Å²) in [5.74, 6) is 0.336. The summed E-state index contributed by atoms with van der Waals surface area (Å²) < 4.78 is 12.9. The molecule has 1 atom stereocenters. The SMILES string of the molecule is CNc1ncc(CN2CCCC(Cc3ccc(F)cn3)C2)s1. The molecule has 3 heterocycles. The molecule has 118 valence electrons. The smallest absolute Gasteiger partial charge is 0.182 e. The Hall–Kier alpha value is -1.53. The minimum atomic E-state index is -0.264. The number of piperidine rings is 1. The van der Waals surface area contributed by atoms with Gasteiger partial charge in [-0.2, -0.15) is 0 Å². The Balaban J connectivity index is 1.55. The van der Waals surface area contributed by atoms with Crippen molar-refractivity contribution in [2.45, 2.75) is 25.8 Å². The molecule has 0 aromatic carbocycles. The van der Waals surface area contributed by atoms with Crippen molar-refractivity contribution in [3.8, 4) is 0 Å². The maximum atomic E-state index is 12.9. The third-order valence-corrected chi connectivity index (χ3v) is 5.04. The molecule has 0 aliphatic carbocycles. The first kappa shape index (κ1) is 15.4. The molecule has 1 fully saturated rings. The molecule has 3 rings (SSSR count). The van der Waals surface area contributed by atoms with E-state index < -0.39 is 0 Å². The predicted molar refractivity (Wildman–Crippen MR) is 87.6 cm³/mol. The number of nitrogens with one attached hydrogen (secondary N) is 1. The summed E-state index contributed by atoms with van der Waals surface area (Å²) in [5, 5.41) is 4.05. The van der Waals surface area contributed by atoms with Crippen molar-refractivity contribution >= 4 is 16.5 Å². The van der Waals surface area contributed by atoms with Crippen molar-refractivity contribution in [2.24, 2.45) is 5.92 Å². The molecule has 0 radical (unpaired) electrons. The fourth-order valence-corrected chi connectivity index (χ4v) is 3.81. The van der Waals surface area contributed by atoms with Gasteiger partial charge in [-0.05, 0) is 43.9 Å². The standard InChI is InChI=1S/C16H21FN4S/c1-18-16-20-9-15(22-16)11-21-6-2-3-12(10-21)7-14-5-4-13(17)8-19-14/h4-5,8-9,12H,2-3,6-7,10-11H2,1H3,(H,18,20). The van der Waals surface area contributed by atoms with Gasteiger partial charge < -0.3 is 5.32 Å². The van der Waals surface area contributed by atoms with E-state index in [4.69, 9.17) is 0 Å². The van der Waals surface area contributed by atoms with E-state index in [1.165, 1.54) is 30.0 Å². The highest BCUT2D eigenvalue weighted by Gasteiger charge is 2.21. The first-order chi connectivity index (χ1) is 10.7. The Morgan fingerprint density at radius 1 is 1.36 bits per heavy atom. The summed E-state index contributed by atoms with van der Waals surface area (Å²) in [6.07, 6.45) is 6.64. The molecule has 1 aliphatic heterocycles. The quantitative estimate of drug-likeness (QED) is 0.919. The molecule has 0 spiro atoms. The molecule has 1 saturated heterocycles. The number of anilines is 1. The zero-order chi connectivity index (χ0) is 15.4. The van der Waals surface area contributed by atoms with Crippen LogP contribution in [0.4, 0.5) is 9.52 Å². The predicted octanol–water partition coefficient (Wildman–Crippen LogP) is 3.17. The molecule has 1 N–H and O–H groups in total. The second kappa shape index (κ2) is 7.15. The van der Waals surface area contributed by atoms with Gasteiger partial charge in [-0.25, -0.2) is 9.37 Å². The Morgan fingerprint density at radius 2 is 2.27 bits per heavy atom. The van der Waals surface area contributed by atoms with Crippen LogP contribution in [0.2, 0.25) is 0 Å². The van der Waals surface area contributed by atoms with Crippen LogP contribution in [0.15, 0.2) is 24.5 Å². The van der Waals surface area contributed by atoms with E-state index in [2.05, 4.69) is 20.2 Å². The first-order valence-electron chi connectivity index (χ1n) is 7.68. The number of aromatic nitrogens is 2. The molecule has 4 nitrogen and oxygen atoms in total. The van der Waals surface area contributed by atoms with Crippen molar-refractivity contribution < 1.29 is 4.39 Å². The summed E-state index contributed by atoms with van der Waals surface area (Å²) in [5.41, 5.74) is 0.989. The number of halogens is 1. The van der Waals surface area contributed by atoms with E-state index >= 15 is 0 Å². The highest BCUT2D eigenvalue weighted by atomic mass is 32.1. The molecular weight excluding hydrogens is 299 g/mol. The molecule has 1 aliphatic rings. The summed E-state index contributed by atoms with van der Waals surface area (Å²) in [6, 6.07) is 3.30. The summed E-state index contributed by atoms with van der Waals surface area (Å²) in [7, 11) is 1.90. The van der Waals surface area contributed by atoms with Gasteiger partial charge >= 0.3 is 0 Å². The van der Waals surface area contributed by atoms with Crippen molar-refractivity contribution in [2.75, 3.05) is 25.5 Å². The van der Waals surface area contributed by atoms with Crippen LogP contribution in [-0.4, -0.2) is 35.0 Å². The van der Waals surface area contributed by atoms with Crippen molar-refractivity contribution in [3.63, 3.8) is 0 Å². The normalized spacial score (nSPS) is 19.3. The fraction of sp³-hybridized carbons (Fsp3) is 0.500. The number of hydrogen-bond acceptors (Lipinski definition) is 5. The van der Waals surface area contributed by atoms with Gasteiger partial charge in [0, 0.05) is 36.9 Å². The van der Waals surface area contributed by atoms with Gasteiger partial charge in [0.15, 0.2) is 5.13 Å². The van der Waals surface area contributed by atoms with E-state index in [-0.39, 0.29) is 5.82 Å². The molecular formula is C16H21FN4S. The van der Waals surface area contributed by atoms with Crippen LogP contribution in [0.25, 0.3) is 0 Å². The minimum Gasteiger partial charge on any atom is -0.365 e. The van der Waals surface area contributed by atoms with E-state index in [1.54, 1.807) is 17.4 Å². The largest absolute Gasteiger partial charge is 0.365 e. The van der Waals surface area contributed by atoms with Gasteiger partial charge in [-0.15, -0.1) is 11.3 Å². The lowest BCUT2D eigenvalue weighted by atomic mass is 9.93. The minimum absolute atomic E-state index is 0.264. The van der Waals surface area contributed by atoms with Crippen molar-refractivity contribution in [1.82, 2.24) is 14.9 Å². The van der Waals surface area contributed by atoms with Crippen LogP contribution in [0.5, 0.6) is 0 Å². The highest BCUT2D eigenvalue weighted by molar-refractivity contribution is 7.15. The molecule has 22 heavy (non-hydrogen) atoms. The maximum Gasteiger partial charge on any atom is 0.182 e. The lowest BCUT2D eigenvalue weighted by molar-refractivity contribution is 0.167. The third-order valence-electron chi connectivity index (χ3n) is 4.04. The zero-order valence-corrected chi connectivity index (χ0v) is 13.6. The van der Waals surface area contributed by atoms with Crippen LogP contribution in [0.3, 0.4) is 0 Å². The highest BCUT2D eigenvalue weighted by Crippen LogP contribution is 2.24. The van der Waals surface area contributed by atoms with E-state index in [1.807, 2.05) is 13.2 Å². The van der Waals surface area contributed by atoms with E-state index in [0.717, 1.165) is 36.9 Å². The number of nitrogens with zero attached hydrogens (tertiary/aromatic N) is 3. The van der Waals surface area contributed by atoms with Crippen molar-refractivity contribution in [1.29, 1.82) is 0 Å². The summed E-state index contributed by atoms with van der Waals surface area (Å²) >= 11 is 1.72. The number of pyridine rings is 1. The van der Waals surface area contributed by atoms with Crippen LogP contribution < -0.4 is 5.32 Å². The average molecular weight is 320 g/mol. The van der Waals surface area contributed by atoms with Crippen molar-refractivity contribution in [3.05, 3.63) is 40.9 Å². The van der Waals surface area contributed by atoms with Crippen LogP contribution in [0.1, 0.15) is 23.4 Å². The Kier molecular flexibility index (Phi) is 5.00. The lowest BCUT2D eigenvalue weighted by Crippen LogP contribution is -2.35. The van der Waals surface area contributed by atoms with E-state index in [9.17, 15) is 4.39 Å². The van der Waals surface area contributed by atoms with Crippen LogP contribution in [-0.2, 0) is 13.0 Å². The maximum absolute atomic E-state index is 12.9. The molecule has 0 saturated carbocycles. The van der Waals surface area contributed by atoms with Crippen LogP contribution in [0, 0.1) is 11.7 Å². The van der Waals surface area contributed by atoms with Gasteiger partial charge in [0.1, 0.15) is 5.82 Å². The second-order valence-electron chi connectivity index (χ2n) is 5.80. The second-order valence-corrected chi connectivity index (χ2v) is 6.91. The van der Waals surface area contributed by atoms with Gasteiger partial charge in [0.25, 0.3) is 0 Å². The number of thiazole rings is 1. The lowest BCUT2D eigenvalue weighted by Gasteiger charge is -2.32. The van der Waals surface area contributed by atoms with Gasteiger partial charge in [0.05, 0.1) is 6.20 Å². The average Bonchev–Trinajstić information content (AvgIpc) is 2.98. The summed E-state index contributed by atoms with van der Waals surface area (Å²) in [6.45, 7) is 3.18. The van der Waals surface area contributed by atoms with Crippen LogP contribution >= 0.6 is 11.3 Å². The third kappa shape index (κ3) is 4.01. The Labute approximate surface area is 134 Å².